The molecule has 0 spiro atoms. The Kier molecular flexibility index (Phi) is 13.8. The molecule has 1 fully saturated rings. The number of hydrogen-bond donors (Lipinski definition) is 7. The summed E-state index contributed by atoms with van der Waals surface area (Å²) in [5.41, 5.74) is 7.58. The van der Waals surface area contributed by atoms with E-state index in [4.69, 9.17) is 15.6 Å². The van der Waals surface area contributed by atoms with Crippen molar-refractivity contribution in [1.82, 2.24) is 26.3 Å². The Morgan fingerprint density at radius 3 is 2.21 bits per heavy atom. The van der Waals surface area contributed by atoms with Gasteiger partial charge in [-0.25, -0.2) is 4.79 Å². The molecule has 1 aliphatic heterocycles. The van der Waals surface area contributed by atoms with E-state index in [0.717, 1.165) is 29.3 Å². The lowest BCUT2D eigenvalue weighted by Gasteiger charge is -2.23. The minimum Gasteiger partial charge on any atom is -0.475 e. The maximum atomic E-state index is 13.4. The fourth-order valence-electron chi connectivity index (χ4n) is 4.24. The number of carboxylic acid groups (broad SMARTS) is 1. The highest BCUT2D eigenvalue weighted by Crippen LogP contribution is 2.21. The smallest absolute Gasteiger partial charge is 0.475 e. The first-order valence-electron chi connectivity index (χ1n) is 13.6. The number of halogens is 3. The molecule has 1 saturated heterocycles. The lowest BCUT2D eigenvalue weighted by atomic mass is 9.96. The Bertz CT molecular complexity index is 1220. The van der Waals surface area contributed by atoms with Crippen LogP contribution in [0, 0.1) is 5.92 Å². The van der Waals surface area contributed by atoms with Gasteiger partial charge in [0.2, 0.25) is 23.6 Å². The van der Waals surface area contributed by atoms with Gasteiger partial charge in [-0.3, -0.25) is 19.2 Å². The first kappa shape index (κ1) is 34.1. The van der Waals surface area contributed by atoms with Crippen LogP contribution in [-0.4, -0.2) is 78.1 Å². The van der Waals surface area contributed by atoms with Crippen molar-refractivity contribution >= 4 is 40.5 Å². The standard InChI is InChI=1S/C25H36N6O4.C2HF3O2/c26-10-4-3-5-19-14-24(34)28-12-8-22(32)27-11-9-23(33)30-16-18(25(35)31-19)13-17-15-29-21-7-2-1-6-20(17)21;3-2(4,5)1(6)7/h1-2,6-7,15,18-19,29H,3-5,8-14,16,26H2,(H,27,32)(H,28,34)(H,30,33)(H,31,35);(H,6,7)/t18-,19+;/m1./s1. The Hall–Kier alpha value is -4.14. The number of hydrogen-bond acceptors (Lipinski definition) is 6. The SMILES string of the molecule is NCCCC[C@H]1CC(=O)NCCC(=O)NCCC(=O)NC[C@@H](Cc2c[nH]c3ccccc23)C(=O)N1.O=C(O)C(F)(F)F. The van der Waals surface area contributed by atoms with Crippen LogP contribution in [0.2, 0.25) is 0 Å². The van der Waals surface area contributed by atoms with E-state index >= 15 is 0 Å². The molecule has 2 atom stereocenters. The Labute approximate surface area is 240 Å². The molecular formula is C27H37F3N6O6. The average molecular weight is 599 g/mol. The van der Waals surface area contributed by atoms with Crippen molar-refractivity contribution in [2.45, 2.75) is 57.2 Å². The van der Waals surface area contributed by atoms with E-state index in [0.29, 0.717) is 19.4 Å². The van der Waals surface area contributed by atoms with Gasteiger partial charge in [-0.05, 0) is 37.4 Å². The van der Waals surface area contributed by atoms with E-state index in [1.165, 1.54) is 0 Å². The van der Waals surface area contributed by atoms with Crippen LogP contribution in [0.25, 0.3) is 10.9 Å². The van der Waals surface area contributed by atoms with Crippen LogP contribution in [0.3, 0.4) is 0 Å². The second-order valence-corrected chi connectivity index (χ2v) is 9.76. The number of alkyl halides is 3. The summed E-state index contributed by atoms with van der Waals surface area (Å²) in [5, 5.41) is 19.5. The molecule has 1 aromatic carbocycles. The molecule has 12 nitrogen and oxygen atoms in total. The second-order valence-electron chi connectivity index (χ2n) is 9.76. The van der Waals surface area contributed by atoms with Gasteiger partial charge in [-0.1, -0.05) is 24.6 Å². The van der Waals surface area contributed by atoms with Crippen molar-refractivity contribution in [2.24, 2.45) is 11.7 Å². The number of aromatic amines is 1. The normalized spacial score (nSPS) is 19.5. The van der Waals surface area contributed by atoms with E-state index in [-0.39, 0.29) is 68.6 Å². The summed E-state index contributed by atoms with van der Waals surface area (Å²) in [6.07, 6.45) is -0.225. The van der Waals surface area contributed by atoms with Gasteiger partial charge in [-0.15, -0.1) is 0 Å². The zero-order chi connectivity index (χ0) is 31.1. The number of nitrogens with two attached hydrogens (primary N) is 1. The maximum absolute atomic E-state index is 13.4. The zero-order valence-electron chi connectivity index (χ0n) is 23.0. The molecule has 1 aliphatic rings. The van der Waals surface area contributed by atoms with E-state index in [2.05, 4.69) is 26.3 Å². The summed E-state index contributed by atoms with van der Waals surface area (Å²) >= 11 is 0. The predicted molar refractivity (Wildman–Crippen MR) is 147 cm³/mol. The lowest BCUT2D eigenvalue weighted by Crippen LogP contribution is -2.46. The van der Waals surface area contributed by atoms with Crippen LogP contribution in [0.15, 0.2) is 30.5 Å². The van der Waals surface area contributed by atoms with Crippen molar-refractivity contribution in [3.05, 3.63) is 36.0 Å². The first-order valence-corrected chi connectivity index (χ1v) is 13.6. The van der Waals surface area contributed by atoms with Gasteiger partial charge in [0, 0.05) is 62.0 Å². The minimum absolute atomic E-state index is 0.112. The molecule has 42 heavy (non-hydrogen) atoms. The highest BCUT2D eigenvalue weighted by atomic mass is 19.4. The molecule has 15 heteroatoms. The number of unbranched alkanes of at least 4 members (excludes halogenated alkanes) is 1. The Morgan fingerprint density at radius 2 is 1.57 bits per heavy atom. The number of carbonyl (C=O) groups excluding carboxylic acids is 4. The fourth-order valence-corrected chi connectivity index (χ4v) is 4.24. The van der Waals surface area contributed by atoms with E-state index in [1.54, 1.807) is 0 Å². The summed E-state index contributed by atoms with van der Waals surface area (Å²) in [6.45, 7) is 1.09. The number of rotatable bonds is 6. The largest absolute Gasteiger partial charge is 0.490 e. The molecule has 4 amide bonds. The van der Waals surface area contributed by atoms with E-state index in [1.807, 2.05) is 30.5 Å². The monoisotopic (exact) mass is 598 g/mol. The quantitative estimate of drug-likeness (QED) is 0.242. The van der Waals surface area contributed by atoms with E-state index in [9.17, 15) is 32.3 Å². The summed E-state index contributed by atoms with van der Waals surface area (Å²) in [4.78, 5) is 62.3. The molecule has 3 rings (SSSR count). The van der Waals surface area contributed by atoms with Crippen molar-refractivity contribution < 1.29 is 42.3 Å². The topological polar surface area (TPSA) is 196 Å². The molecule has 1 aromatic heterocycles. The molecule has 2 aromatic rings. The highest BCUT2D eigenvalue weighted by molar-refractivity contribution is 5.86. The Morgan fingerprint density at radius 1 is 0.952 bits per heavy atom. The number of aromatic nitrogens is 1. The van der Waals surface area contributed by atoms with Gasteiger partial charge in [0.25, 0.3) is 0 Å². The number of para-hydroxylation sites is 1. The molecule has 2 heterocycles. The van der Waals surface area contributed by atoms with Gasteiger partial charge in [-0.2, -0.15) is 13.2 Å². The van der Waals surface area contributed by atoms with Crippen molar-refractivity contribution in [3.8, 4) is 0 Å². The van der Waals surface area contributed by atoms with Gasteiger partial charge in [0.1, 0.15) is 0 Å². The molecule has 0 radical (unpaired) electrons. The van der Waals surface area contributed by atoms with Crippen LogP contribution in [0.1, 0.15) is 44.1 Å². The van der Waals surface area contributed by atoms with Gasteiger partial charge >= 0.3 is 12.1 Å². The van der Waals surface area contributed by atoms with Crippen LogP contribution in [0.5, 0.6) is 0 Å². The number of H-pyrrole nitrogens is 1. The molecule has 232 valence electrons. The van der Waals surface area contributed by atoms with Crippen molar-refractivity contribution in [3.63, 3.8) is 0 Å². The summed E-state index contributed by atoms with van der Waals surface area (Å²) in [6, 6.07) is 7.49. The number of carboxylic acids is 1. The van der Waals surface area contributed by atoms with Gasteiger partial charge in [0.15, 0.2) is 0 Å². The van der Waals surface area contributed by atoms with Crippen LogP contribution in [0.4, 0.5) is 13.2 Å². The van der Waals surface area contributed by atoms with Gasteiger partial charge < -0.3 is 37.1 Å². The zero-order valence-corrected chi connectivity index (χ0v) is 23.0. The summed E-state index contributed by atoms with van der Waals surface area (Å²) in [5.74, 6) is -4.17. The van der Waals surface area contributed by atoms with E-state index < -0.39 is 18.1 Å². The molecule has 0 unspecified atom stereocenters. The summed E-state index contributed by atoms with van der Waals surface area (Å²) in [7, 11) is 0. The van der Waals surface area contributed by atoms with Gasteiger partial charge in [0.05, 0.1) is 5.92 Å². The third kappa shape index (κ3) is 12.2. The van der Waals surface area contributed by atoms with Crippen LogP contribution >= 0.6 is 0 Å². The minimum atomic E-state index is -5.08. The molecule has 0 aliphatic carbocycles. The number of benzene rings is 1. The van der Waals surface area contributed by atoms with Crippen LogP contribution in [-0.2, 0) is 30.4 Å². The average Bonchev–Trinajstić information content (AvgIpc) is 3.33. The number of fused-ring (bicyclic) bond motifs is 1. The molecular weight excluding hydrogens is 561 g/mol. The second kappa shape index (κ2) is 17.0. The number of aliphatic carboxylic acids is 1. The molecule has 0 bridgehead atoms. The lowest BCUT2D eigenvalue weighted by molar-refractivity contribution is -0.192. The van der Waals surface area contributed by atoms with Crippen molar-refractivity contribution in [1.29, 1.82) is 0 Å². The maximum Gasteiger partial charge on any atom is 0.490 e. The fraction of sp³-hybridized carbons (Fsp3) is 0.519. The predicted octanol–water partition coefficient (Wildman–Crippen LogP) is 1.11. The third-order valence-corrected chi connectivity index (χ3v) is 6.43. The first-order chi connectivity index (χ1) is 19.9. The Balaban J connectivity index is 0.000000782. The molecule has 0 saturated carbocycles. The van der Waals surface area contributed by atoms with Crippen LogP contribution < -0.4 is 27.0 Å². The third-order valence-electron chi connectivity index (χ3n) is 6.43. The van der Waals surface area contributed by atoms with Crippen molar-refractivity contribution in [2.75, 3.05) is 26.2 Å². The highest BCUT2D eigenvalue weighted by Gasteiger charge is 2.38. The molecule has 8 N–H and O–H groups in total. The summed E-state index contributed by atoms with van der Waals surface area (Å²) < 4.78 is 31.7. The number of amides is 4. The number of carbonyl (C=O) groups is 5. The number of nitrogens with one attached hydrogen (secondary N) is 5.